The third-order valence-electron chi connectivity index (χ3n) is 3.11. The van der Waals surface area contributed by atoms with Crippen molar-refractivity contribution in [3.63, 3.8) is 0 Å². The zero-order chi connectivity index (χ0) is 14.5. The average molecular weight is 293 g/mol. The van der Waals surface area contributed by atoms with Gasteiger partial charge in [-0.05, 0) is 25.5 Å². The molecule has 6 heteroatoms. The number of hydrogen-bond donors (Lipinski definition) is 0. The van der Waals surface area contributed by atoms with Gasteiger partial charge in [-0.25, -0.2) is 0 Å². The zero-order valence-corrected chi connectivity index (χ0v) is 12.3. The van der Waals surface area contributed by atoms with Gasteiger partial charge in [0.1, 0.15) is 6.04 Å². The Morgan fingerprint density at radius 3 is 2.85 bits per heavy atom. The number of aromatic nitrogens is 3. The largest absolute Gasteiger partial charge is 0.337 e. The molecular weight excluding hydrogens is 276 g/mol. The summed E-state index contributed by atoms with van der Waals surface area (Å²) in [5, 5.41) is 4.61. The van der Waals surface area contributed by atoms with Crippen LogP contribution >= 0.6 is 11.6 Å². The molecule has 106 valence electrons. The molecule has 0 aromatic carbocycles. The van der Waals surface area contributed by atoms with Crippen LogP contribution in [-0.4, -0.2) is 32.1 Å². The Labute approximate surface area is 123 Å². The predicted molar refractivity (Wildman–Crippen MR) is 77.3 cm³/mol. The number of halogens is 1. The molecule has 2 aromatic heterocycles. The fourth-order valence-corrected chi connectivity index (χ4v) is 2.11. The van der Waals surface area contributed by atoms with Gasteiger partial charge in [-0.2, -0.15) is 5.10 Å². The molecule has 0 aliphatic heterocycles. The van der Waals surface area contributed by atoms with E-state index in [1.54, 1.807) is 28.2 Å². The summed E-state index contributed by atoms with van der Waals surface area (Å²) >= 11 is 5.84. The Balaban J connectivity index is 2.09. The van der Waals surface area contributed by atoms with Gasteiger partial charge in [0.15, 0.2) is 0 Å². The minimum Gasteiger partial charge on any atom is -0.337 e. The van der Waals surface area contributed by atoms with Crippen LogP contribution in [0.2, 0.25) is 5.02 Å². The maximum atomic E-state index is 12.5. The summed E-state index contributed by atoms with van der Waals surface area (Å²) < 4.78 is 1.58. The number of carbonyl (C=O) groups is 1. The van der Waals surface area contributed by atoms with E-state index < -0.39 is 0 Å². The molecule has 2 heterocycles. The topological polar surface area (TPSA) is 51.0 Å². The van der Waals surface area contributed by atoms with Crippen molar-refractivity contribution in [1.29, 1.82) is 0 Å². The Bertz CT molecular complexity index is 570. The van der Waals surface area contributed by atoms with Crippen molar-refractivity contribution in [3.05, 3.63) is 47.5 Å². The molecule has 0 aliphatic rings. The van der Waals surface area contributed by atoms with Crippen LogP contribution in [0, 0.1) is 0 Å². The van der Waals surface area contributed by atoms with Crippen LogP contribution in [0.15, 0.2) is 36.9 Å². The van der Waals surface area contributed by atoms with Crippen LogP contribution in [0.25, 0.3) is 0 Å². The summed E-state index contributed by atoms with van der Waals surface area (Å²) in [5.41, 5.74) is 1.01. The van der Waals surface area contributed by atoms with Gasteiger partial charge in [-0.1, -0.05) is 17.7 Å². The van der Waals surface area contributed by atoms with Crippen molar-refractivity contribution in [2.45, 2.75) is 26.4 Å². The molecular formula is C14H17ClN4O. The fourth-order valence-electron chi connectivity index (χ4n) is 1.96. The second kappa shape index (κ2) is 6.52. The van der Waals surface area contributed by atoms with E-state index in [9.17, 15) is 4.79 Å². The number of nitrogens with zero attached hydrogens (tertiary/aromatic N) is 4. The zero-order valence-electron chi connectivity index (χ0n) is 11.5. The summed E-state index contributed by atoms with van der Waals surface area (Å²) in [6.45, 7) is 4.95. The van der Waals surface area contributed by atoms with E-state index in [1.807, 2.05) is 26.0 Å². The fraction of sp³-hybridized carbons (Fsp3) is 0.357. The molecule has 1 atom stereocenters. The molecule has 2 aromatic rings. The van der Waals surface area contributed by atoms with Gasteiger partial charge in [0.2, 0.25) is 5.91 Å². The van der Waals surface area contributed by atoms with E-state index >= 15 is 0 Å². The summed E-state index contributed by atoms with van der Waals surface area (Å²) in [5.74, 6) is 0.0103. The SMILES string of the molecule is CCN(Cc1cccnc1)C(=O)[C@H](C)n1cc(Cl)cn1. The van der Waals surface area contributed by atoms with Gasteiger partial charge in [0.25, 0.3) is 0 Å². The second-order valence-corrected chi connectivity index (χ2v) is 4.96. The Hall–Kier alpha value is -1.88. The third kappa shape index (κ3) is 3.36. The highest BCUT2D eigenvalue weighted by molar-refractivity contribution is 6.30. The molecule has 0 fully saturated rings. The van der Waals surface area contributed by atoms with Crippen LogP contribution < -0.4 is 0 Å². The summed E-state index contributed by atoms with van der Waals surface area (Å²) in [6, 6.07) is 3.45. The smallest absolute Gasteiger partial charge is 0.247 e. The summed E-state index contributed by atoms with van der Waals surface area (Å²) in [6.07, 6.45) is 6.67. The van der Waals surface area contributed by atoms with Crippen LogP contribution in [-0.2, 0) is 11.3 Å². The highest BCUT2D eigenvalue weighted by Crippen LogP contribution is 2.15. The lowest BCUT2D eigenvalue weighted by atomic mass is 10.2. The van der Waals surface area contributed by atoms with Gasteiger partial charge in [0, 0.05) is 31.7 Å². The van der Waals surface area contributed by atoms with Crippen molar-refractivity contribution in [2.75, 3.05) is 6.54 Å². The molecule has 2 rings (SSSR count). The van der Waals surface area contributed by atoms with Gasteiger partial charge < -0.3 is 4.90 Å². The van der Waals surface area contributed by atoms with Gasteiger partial charge in [-0.15, -0.1) is 0 Å². The Kier molecular flexibility index (Phi) is 4.74. The molecule has 5 nitrogen and oxygen atoms in total. The molecule has 0 saturated carbocycles. The maximum Gasteiger partial charge on any atom is 0.247 e. The van der Waals surface area contributed by atoms with E-state index in [0.29, 0.717) is 18.1 Å². The number of amides is 1. The molecule has 0 aliphatic carbocycles. The predicted octanol–water partition coefficient (Wildman–Crippen LogP) is 2.54. The minimum atomic E-state index is -0.376. The normalized spacial score (nSPS) is 12.2. The van der Waals surface area contributed by atoms with Crippen LogP contribution in [0.4, 0.5) is 0 Å². The monoisotopic (exact) mass is 292 g/mol. The number of pyridine rings is 1. The standard InChI is InChI=1S/C14H17ClN4O/c1-3-18(9-12-5-4-6-16-7-12)14(20)11(2)19-10-13(15)8-17-19/h4-8,10-11H,3,9H2,1-2H3/t11-/m0/s1. The highest BCUT2D eigenvalue weighted by atomic mass is 35.5. The van der Waals surface area contributed by atoms with Crippen molar-refractivity contribution in [2.24, 2.45) is 0 Å². The first-order valence-electron chi connectivity index (χ1n) is 6.49. The minimum absolute atomic E-state index is 0.0103. The van der Waals surface area contributed by atoms with Gasteiger partial charge in [0.05, 0.1) is 11.2 Å². The molecule has 0 spiro atoms. The molecule has 0 saturated heterocycles. The van der Waals surface area contributed by atoms with Crippen molar-refractivity contribution >= 4 is 17.5 Å². The first-order chi connectivity index (χ1) is 9.61. The molecule has 0 unspecified atom stereocenters. The number of rotatable bonds is 5. The van der Waals surface area contributed by atoms with E-state index in [2.05, 4.69) is 10.1 Å². The van der Waals surface area contributed by atoms with E-state index in [0.717, 1.165) is 5.56 Å². The summed E-state index contributed by atoms with van der Waals surface area (Å²) in [4.78, 5) is 18.3. The van der Waals surface area contributed by atoms with Crippen LogP contribution in [0.1, 0.15) is 25.5 Å². The first kappa shape index (κ1) is 14.5. The van der Waals surface area contributed by atoms with Gasteiger partial charge in [-0.3, -0.25) is 14.5 Å². The number of hydrogen-bond acceptors (Lipinski definition) is 3. The maximum absolute atomic E-state index is 12.5. The molecule has 0 radical (unpaired) electrons. The van der Waals surface area contributed by atoms with E-state index in [1.165, 1.54) is 6.20 Å². The van der Waals surface area contributed by atoms with E-state index in [-0.39, 0.29) is 11.9 Å². The highest BCUT2D eigenvalue weighted by Gasteiger charge is 2.21. The average Bonchev–Trinajstić information content (AvgIpc) is 2.91. The lowest BCUT2D eigenvalue weighted by molar-refractivity contribution is -0.135. The molecule has 20 heavy (non-hydrogen) atoms. The lowest BCUT2D eigenvalue weighted by Gasteiger charge is -2.24. The van der Waals surface area contributed by atoms with Crippen LogP contribution in [0.5, 0.6) is 0 Å². The van der Waals surface area contributed by atoms with E-state index in [4.69, 9.17) is 11.6 Å². The first-order valence-corrected chi connectivity index (χ1v) is 6.87. The van der Waals surface area contributed by atoms with Gasteiger partial charge >= 0.3 is 0 Å². The van der Waals surface area contributed by atoms with Crippen molar-refractivity contribution < 1.29 is 4.79 Å². The molecule has 1 amide bonds. The lowest BCUT2D eigenvalue weighted by Crippen LogP contribution is -2.35. The third-order valence-corrected chi connectivity index (χ3v) is 3.31. The molecule has 0 N–H and O–H groups in total. The second-order valence-electron chi connectivity index (χ2n) is 4.53. The molecule has 0 bridgehead atoms. The Morgan fingerprint density at radius 1 is 1.50 bits per heavy atom. The number of carbonyl (C=O) groups excluding carboxylic acids is 1. The Morgan fingerprint density at radius 2 is 2.30 bits per heavy atom. The number of likely N-dealkylation sites (N-methyl/N-ethyl adjacent to an activating group) is 1. The summed E-state index contributed by atoms with van der Waals surface area (Å²) in [7, 11) is 0. The quantitative estimate of drug-likeness (QED) is 0.851. The van der Waals surface area contributed by atoms with Crippen molar-refractivity contribution in [3.8, 4) is 0 Å². The van der Waals surface area contributed by atoms with Crippen LogP contribution in [0.3, 0.4) is 0 Å². The van der Waals surface area contributed by atoms with Crippen molar-refractivity contribution in [1.82, 2.24) is 19.7 Å².